The van der Waals surface area contributed by atoms with Gasteiger partial charge in [-0.25, -0.2) is 0 Å². The van der Waals surface area contributed by atoms with Crippen molar-refractivity contribution in [2.45, 2.75) is 64.0 Å². The lowest BCUT2D eigenvalue weighted by molar-refractivity contribution is -0.136. The number of aliphatic hydroxyl groups is 1. The van der Waals surface area contributed by atoms with E-state index in [1.165, 1.54) is 19.3 Å². The van der Waals surface area contributed by atoms with Crippen molar-refractivity contribution >= 4 is 5.91 Å². The molecule has 19 heavy (non-hydrogen) atoms. The van der Waals surface area contributed by atoms with Crippen molar-refractivity contribution in [3.8, 4) is 0 Å². The number of aliphatic hydroxyl groups excluding tert-OH is 1. The third kappa shape index (κ3) is 3.93. The summed E-state index contributed by atoms with van der Waals surface area (Å²) in [6.07, 6.45) is 7.90. The van der Waals surface area contributed by atoms with Crippen LogP contribution in [0.25, 0.3) is 0 Å². The molecule has 2 unspecified atom stereocenters. The van der Waals surface area contributed by atoms with Crippen LogP contribution in [0.5, 0.6) is 0 Å². The number of rotatable bonds is 4. The smallest absolute Gasteiger partial charge is 0.236 e. The van der Waals surface area contributed by atoms with Crippen molar-refractivity contribution < 1.29 is 9.90 Å². The minimum atomic E-state index is 0.232. The molecular formula is C15H28N2O2. The zero-order valence-corrected chi connectivity index (χ0v) is 12.2. The predicted molar refractivity (Wildman–Crippen MR) is 75.9 cm³/mol. The fraction of sp³-hybridized carbons (Fsp3) is 0.933. The van der Waals surface area contributed by atoms with E-state index in [1.54, 1.807) is 0 Å². The maximum absolute atomic E-state index is 12.4. The van der Waals surface area contributed by atoms with E-state index in [1.807, 2.05) is 0 Å². The van der Waals surface area contributed by atoms with E-state index in [0.717, 1.165) is 38.8 Å². The van der Waals surface area contributed by atoms with Crippen molar-refractivity contribution in [3.05, 3.63) is 0 Å². The van der Waals surface area contributed by atoms with Gasteiger partial charge in [0.05, 0.1) is 6.54 Å². The fourth-order valence-corrected chi connectivity index (χ4v) is 3.48. The van der Waals surface area contributed by atoms with Gasteiger partial charge in [-0.05, 0) is 52.0 Å². The van der Waals surface area contributed by atoms with Gasteiger partial charge in [0.1, 0.15) is 0 Å². The number of hydrogen-bond donors (Lipinski definition) is 1. The van der Waals surface area contributed by atoms with E-state index in [-0.39, 0.29) is 12.5 Å². The highest BCUT2D eigenvalue weighted by Crippen LogP contribution is 2.21. The molecule has 0 aliphatic carbocycles. The minimum Gasteiger partial charge on any atom is -0.396 e. The van der Waals surface area contributed by atoms with Crippen LogP contribution in [-0.4, -0.2) is 59.1 Å². The number of nitrogens with zero attached hydrogens (tertiary/aromatic N) is 2. The first kappa shape index (κ1) is 14.8. The van der Waals surface area contributed by atoms with Crippen molar-refractivity contribution in [3.63, 3.8) is 0 Å². The van der Waals surface area contributed by atoms with E-state index < -0.39 is 0 Å². The highest BCUT2D eigenvalue weighted by atomic mass is 16.3. The van der Waals surface area contributed by atoms with E-state index in [0.29, 0.717) is 18.6 Å². The van der Waals surface area contributed by atoms with Crippen molar-refractivity contribution in [1.29, 1.82) is 0 Å². The molecule has 0 aromatic heterocycles. The third-order valence-corrected chi connectivity index (χ3v) is 4.67. The number of carbonyl (C=O) groups is 1. The summed E-state index contributed by atoms with van der Waals surface area (Å²) in [5.41, 5.74) is 0. The summed E-state index contributed by atoms with van der Waals surface area (Å²) in [7, 11) is 0. The van der Waals surface area contributed by atoms with Gasteiger partial charge in [0, 0.05) is 25.2 Å². The van der Waals surface area contributed by atoms with Gasteiger partial charge >= 0.3 is 0 Å². The minimum absolute atomic E-state index is 0.232. The molecule has 0 aromatic carbocycles. The fourth-order valence-electron chi connectivity index (χ4n) is 3.48. The van der Waals surface area contributed by atoms with Gasteiger partial charge in [0.2, 0.25) is 5.91 Å². The number of piperidine rings is 2. The lowest BCUT2D eigenvalue weighted by Gasteiger charge is -2.39. The summed E-state index contributed by atoms with van der Waals surface area (Å²) in [4.78, 5) is 16.8. The summed E-state index contributed by atoms with van der Waals surface area (Å²) >= 11 is 0. The molecule has 2 atom stereocenters. The molecular weight excluding hydrogens is 240 g/mol. The Balaban J connectivity index is 1.88. The van der Waals surface area contributed by atoms with Crippen LogP contribution in [0.3, 0.4) is 0 Å². The van der Waals surface area contributed by atoms with E-state index in [2.05, 4.69) is 16.7 Å². The Kier molecular flexibility index (Phi) is 5.64. The molecule has 0 spiro atoms. The van der Waals surface area contributed by atoms with Gasteiger partial charge in [-0.1, -0.05) is 6.42 Å². The number of amides is 1. The Bertz CT molecular complexity index is 294. The topological polar surface area (TPSA) is 43.8 Å². The maximum atomic E-state index is 12.4. The standard InChI is InChI=1S/C15H28N2O2/c1-13-6-2-5-10-17(13)15(19)12-16-9-4-3-7-14(16)8-11-18/h13-14,18H,2-12H2,1H3. The Morgan fingerprint density at radius 3 is 2.63 bits per heavy atom. The van der Waals surface area contributed by atoms with Gasteiger partial charge in [-0.3, -0.25) is 9.69 Å². The molecule has 1 amide bonds. The van der Waals surface area contributed by atoms with Crippen LogP contribution in [0, 0.1) is 0 Å². The lowest BCUT2D eigenvalue weighted by atomic mass is 9.99. The van der Waals surface area contributed by atoms with Crippen LogP contribution in [0.15, 0.2) is 0 Å². The van der Waals surface area contributed by atoms with Gasteiger partial charge in [0.25, 0.3) is 0 Å². The van der Waals surface area contributed by atoms with Gasteiger partial charge in [0.15, 0.2) is 0 Å². The van der Waals surface area contributed by atoms with Crippen LogP contribution in [0.1, 0.15) is 51.9 Å². The number of hydrogen-bond acceptors (Lipinski definition) is 3. The molecule has 2 aliphatic rings. The van der Waals surface area contributed by atoms with Crippen molar-refractivity contribution in [2.24, 2.45) is 0 Å². The van der Waals surface area contributed by atoms with E-state index in [9.17, 15) is 4.79 Å². The summed E-state index contributed by atoms with van der Waals surface area (Å²) in [6.45, 7) is 4.89. The van der Waals surface area contributed by atoms with E-state index >= 15 is 0 Å². The average Bonchev–Trinajstić information content (AvgIpc) is 2.41. The predicted octanol–water partition coefficient (Wildman–Crippen LogP) is 1.62. The molecule has 2 heterocycles. The summed E-state index contributed by atoms with van der Waals surface area (Å²) in [5, 5.41) is 9.14. The summed E-state index contributed by atoms with van der Waals surface area (Å²) in [5.74, 6) is 0.289. The average molecular weight is 268 g/mol. The molecule has 0 saturated carbocycles. The Labute approximate surface area is 116 Å². The van der Waals surface area contributed by atoms with Gasteiger partial charge in [-0.15, -0.1) is 0 Å². The monoisotopic (exact) mass is 268 g/mol. The molecule has 4 heteroatoms. The number of carbonyl (C=O) groups excluding carboxylic acids is 1. The van der Waals surface area contributed by atoms with Crippen LogP contribution < -0.4 is 0 Å². The Morgan fingerprint density at radius 1 is 1.16 bits per heavy atom. The lowest BCUT2D eigenvalue weighted by Crippen LogP contribution is -2.50. The summed E-state index contributed by atoms with van der Waals surface area (Å²) < 4.78 is 0. The molecule has 2 fully saturated rings. The molecule has 4 nitrogen and oxygen atoms in total. The second kappa shape index (κ2) is 7.25. The second-order valence-corrected chi connectivity index (χ2v) is 6.06. The van der Waals surface area contributed by atoms with Crippen LogP contribution in [0.2, 0.25) is 0 Å². The van der Waals surface area contributed by atoms with Crippen molar-refractivity contribution in [2.75, 3.05) is 26.2 Å². The molecule has 110 valence electrons. The molecule has 2 aliphatic heterocycles. The number of likely N-dealkylation sites (tertiary alicyclic amines) is 2. The first-order valence-corrected chi connectivity index (χ1v) is 7.86. The van der Waals surface area contributed by atoms with Crippen LogP contribution in [-0.2, 0) is 4.79 Å². The molecule has 0 aromatic rings. The van der Waals surface area contributed by atoms with Crippen LogP contribution in [0.4, 0.5) is 0 Å². The largest absolute Gasteiger partial charge is 0.396 e. The normalized spacial score (nSPS) is 29.5. The SMILES string of the molecule is CC1CCCCN1C(=O)CN1CCCCC1CCO. The van der Waals surface area contributed by atoms with Gasteiger partial charge in [-0.2, -0.15) is 0 Å². The molecule has 2 rings (SSSR count). The quantitative estimate of drug-likeness (QED) is 0.842. The Morgan fingerprint density at radius 2 is 1.89 bits per heavy atom. The zero-order valence-electron chi connectivity index (χ0n) is 12.2. The summed E-state index contributed by atoms with van der Waals surface area (Å²) in [6, 6.07) is 0.810. The molecule has 0 bridgehead atoms. The highest BCUT2D eigenvalue weighted by Gasteiger charge is 2.28. The zero-order chi connectivity index (χ0) is 13.7. The van der Waals surface area contributed by atoms with Crippen LogP contribution >= 0.6 is 0 Å². The van der Waals surface area contributed by atoms with Gasteiger partial charge < -0.3 is 10.0 Å². The Hall–Kier alpha value is -0.610. The van der Waals surface area contributed by atoms with Crippen molar-refractivity contribution in [1.82, 2.24) is 9.80 Å². The highest BCUT2D eigenvalue weighted by molar-refractivity contribution is 5.78. The van der Waals surface area contributed by atoms with E-state index in [4.69, 9.17) is 5.11 Å². The molecule has 0 radical (unpaired) electrons. The second-order valence-electron chi connectivity index (χ2n) is 6.06. The molecule has 2 saturated heterocycles. The first-order chi connectivity index (χ1) is 9.22. The maximum Gasteiger partial charge on any atom is 0.236 e. The molecule has 1 N–H and O–H groups in total. The third-order valence-electron chi connectivity index (χ3n) is 4.67. The first-order valence-electron chi connectivity index (χ1n) is 7.86.